The number of rotatable bonds is 3. The van der Waals surface area contributed by atoms with Gasteiger partial charge in [0.1, 0.15) is 11.4 Å². The van der Waals surface area contributed by atoms with E-state index in [2.05, 4.69) is 15.3 Å². The molecule has 0 radical (unpaired) electrons. The van der Waals surface area contributed by atoms with Gasteiger partial charge in [0.05, 0.1) is 7.11 Å². The van der Waals surface area contributed by atoms with E-state index in [1.54, 1.807) is 12.1 Å². The third-order valence-electron chi connectivity index (χ3n) is 2.17. The van der Waals surface area contributed by atoms with Crippen molar-refractivity contribution >= 4 is 11.7 Å². The Morgan fingerprint density at radius 2 is 2.17 bits per heavy atom. The van der Waals surface area contributed by atoms with E-state index in [9.17, 15) is 9.18 Å². The zero-order chi connectivity index (χ0) is 13.0. The summed E-state index contributed by atoms with van der Waals surface area (Å²) in [6.07, 6.45) is 1.51. The molecule has 1 N–H and O–H groups in total. The van der Waals surface area contributed by atoms with Crippen molar-refractivity contribution in [1.29, 1.82) is 0 Å². The molecule has 0 aromatic carbocycles. The number of nitrogens with zero attached hydrogens (tertiary/aromatic N) is 2. The predicted octanol–water partition coefficient (Wildman–Crippen LogP) is 1.88. The second kappa shape index (κ2) is 5.22. The fourth-order valence-electron chi connectivity index (χ4n) is 1.39. The van der Waals surface area contributed by atoms with Gasteiger partial charge in [0.15, 0.2) is 0 Å². The van der Waals surface area contributed by atoms with Crippen molar-refractivity contribution in [2.24, 2.45) is 0 Å². The Hall–Kier alpha value is -2.50. The number of ether oxygens (including phenoxy) is 1. The molecule has 0 fully saturated rings. The lowest BCUT2D eigenvalue weighted by atomic mass is 10.2. The van der Waals surface area contributed by atoms with Crippen molar-refractivity contribution in [2.75, 3.05) is 12.4 Å². The highest BCUT2D eigenvalue weighted by Gasteiger charge is 2.13. The van der Waals surface area contributed by atoms with Crippen molar-refractivity contribution < 1.29 is 13.9 Å². The van der Waals surface area contributed by atoms with Crippen LogP contribution in [0, 0.1) is 5.95 Å². The summed E-state index contributed by atoms with van der Waals surface area (Å²) < 4.78 is 17.8. The van der Waals surface area contributed by atoms with Gasteiger partial charge >= 0.3 is 0 Å². The number of halogens is 1. The van der Waals surface area contributed by atoms with Gasteiger partial charge in [-0.15, -0.1) is 0 Å². The summed E-state index contributed by atoms with van der Waals surface area (Å²) in [5.41, 5.74) is 0.256. The second-order valence-electron chi connectivity index (χ2n) is 3.36. The number of nitrogens with one attached hydrogen (secondary N) is 1. The van der Waals surface area contributed by atoms with Crippen molar-refractivity contribution in [3.05, 3.63) is 48.0 Å². The number of aromatic nitrogens is 2. The van der Waals surface area contributed by atoms with E-state index in [0.29, 0.717) is 0 Å². The van der Waals surface area contributed by atoms with Crippen LogP contribution in [0.4, 0.5) is 10.2 Å². The molecule has 2 heterocycles. The molecule has 0 spiro atoms. The van der Waals surface area contributed by atoms with E-state index in [-0.39, 0.29) is 17.3 Å². The van der Waals surface area contributed by atoms with Crippen LogP contribution in [0.5, 0.6) is 5.88 Å². The molecule has 92 valence electrons. The molecule has 6 heteroatoms. The van der Waals surface area contributed by atoms with E-state index < -0.39 is 11.9 Å². The van der Waals surface area contributed by atoms with Crippen LogP contribution in [0.3, 0.4) is 0 Å². The van der Waals surface area contributed by atoms with E-state index in [1.807, 2.05) is 0 Å². The van der Waals surface area contributed by atoms with Gasteiger partial charge in [-0.2, -0.15) is 4.39 Å². The summed E-state index contributed by atoms with van der Waals surface area (Å²) in [6, 6.07) is 7.31. The number of amides is 1. The first-order chi connectivity index (χ1) is 8.70. The molecule has 2 aromatic heterocycles. The maximum absolute atomic E-state index is 12.9. The van der Waals surface area contributed by atoms with Crippen LogP contribution in [0.1, 0.15) is 10.4 Å². The predicted molar refractivity (Wildman–Crippen MR) is 62.9 cm³/mol. The van der Waals surface area contributed by atoms with Crippen LogP contribution in [0.2, 0.25) is 0 Å². The van der Waals surface area contributed by atoms with Crippen LogP contribution >= 0.6 is 0 Å². The molecule has 1 amide bonds. The monoisotopic (exact) mass is 247 g/mol. The fourth-order valence-corrected chi connectivity index (χ4v) is 1.39. The van der Waals surface area contributed by atoms with E-state index in [0.717, 1.165) is 0 Å². The SMILES string of the molecule is COc1ncccc1C(=O)Nc1cccc(F)n1. The summed E-state index contributed by atoms with van der Waals surface area (Å²) in [6.45, 7) is 0. The van der Waals surface area contributed by atoms with Gasteiger partial charge < -0.3 is 10.1 Å². The smallest absolute Gasteiger partial charge is 0.262 e. The molecule has 0 unspecified atom stereocenters. The van der Waals surface area contributed by atoms with Crippen LogP contribution in [-0.2, 0) is 0 Å². The first kappa shape index (κ1) is 12.0. The number of carbonyl (C=O) groups excluding carboxylic acids is 1. The summed E-state index contributed by atoms with van der Waals surface area (Å²) >= 11 is 0. The lowest BCUT2D eigenvalue weighted by molar-refractivity contribution is 0.102. The maximum atomic E-state index is 12.9. The van der Waals surface area contributed by atoms with Gasteiger partial charge in [0, 0.05) is 6.20 Å². The Morgan fingerprint density at radius 3 is 2.89 bits per heavy atom. The minimum atomic E-state index is -0.661. The molecular formula is C12H10FN3O2. The quantitative estimate of drug-likeness (QED) is 0.841. The molecule has 0 aliphatic carbocycles. The summed E-state index contributed by atoms with van der Waals surface area (Å²) in [4.78, 5) is 19.3. The molecule has 0 aliphatic rings. The Labute approximate surface area is 103 Å². The molecule has 0 saturated heterocycles. The minimum Gasteiger partial charge on any atom is -0.480 e. The van der Waals surface area contributed by atoms with Crippen molar-refractivity contribution in [3.8, 4) is 5.88 Å². The molecule has 2 aromatic rings. The number of anilines is 1. The van der Waals surface area contributed by atoms with E-state index in [4.69, 9.17) is 4.74 Å². The van der Waals surface area contributed by atoms with Crippen molar-refractivity contribution in [1.82, 2.24) is 9.97 Å². The van der Waals surface area contributed by atoms with Crippen LogP contribution in [0.15, 0.2) is 36.5 Å². The van der Waals surface area contributed by atoms with Crippen LogP contribution < -0.4 is 10.1 Å². The Morgan fingerprint density at radius 1 is 1.33 bits per heavy atom. The van der Waals surface area contributed by atoms with Gasteiger partial charge in [-0.3, -0.25) is 4.79 Å². The molecule has 0 aliphatic heterocycles. The highest BCUT2D eigenvalue weighted by atomic mass is 19.1. The molecule has 18 heavy (non-hydrogen) atoms. The molecule has 2 rings (SSSR count). The molecule has 0 bridgehead atoms. The van der Waals surface area contributed by atoms with Crippen molar-refractivity contribution in [2.45, 2.75) is 0 Å². The third-order valence-corrected chi connectivity index (χ3v) is 2.17. The normalized spacial score (nSPS) is 9.89. The van der Waals surface area contributed by atoms with Gasteiger partial charge in [-0.25, -0.2) is 9.97 Å². The highest BCUT2D eigenvalue weighted by Crippen LogP contribution is 2.15. The van der Waals surface area contributed by atoms with Gasteiger partial charge in [-0.05, 0) is 24.3 Å². The topological polar surface area (TPSA) is 64.1 Å². The minimum absolute atomic E-state index is 0.130. The number of hydrogen-bond donors (Lipinski definition) is 1. The fraction of sp³-hybridized carbons (Fsp3) is 0.0833. The summed E-state index contributed by atoms with van der Waals surface area (Å²) in [5.74, 6) is -0.790. The molecular weight excluding hydrogens is 237 g/mol. The molecule has 0 atom stereocenters. The third kappa shape index (κ3) is 2.60. The Kier molecular flexibility index (Phi) is 3.47. The lowest BCUT2D eigenvalue weighted by Gasteiger charge is -2.07. The molecule has 5 nitrogen and oxygen atoms in total. The Bertz CT molecular complexity index is 575. The second-order valence-corrected chi connectivity index (χ2v) is 3.36. The number of methoxy groups -OCH3 is 1. The Balaban J connectivity index is 2.22. The summed E-state index contributed by atoms with van der Waals surface area (Å²) in [7, 11) is 1.42. The van der Waals surface area contributed by atoms with Crippen LogP contribution in [-0.4, -0.2) is 23.0 Å². The number of pyridine rings is 2. The van der Waals surface area contributed by atoms with E-state index >= 15 is 0 Å². The largest absolute Gasteiger partial charge is 0.480 e. The standard InChI is InChI=1S/C12H10FN3O2/c1-18-12-8(4-3-7-14-12)11(17)16-10-6-2-5-9(13)15-10/h2-7H,1H3,(H,15,16,17). The van der Waals surface area contributed by atoms with Gasteiger partial charge in [-0.1, -0.05) is 6.07 Å². The maximum Gasteiger partial charge on any atom is 0.262 e. The lowest BCUT2D eigenvalue weighted by Crippen LogP contribution is -2.14. The zero-order valence-corrected chi connectivity index (χ0v) is 9.55. The average Bonchev–Trinajstić information content (AvgIpc) is 2.38. The van der Waals surface area contributed by atoms with Crippen LogP contribution in [0.25, 0.3) is 0 Å². The van der Waals surface area contributed by atoms with Gasteiger partial charge in [0.25, 0.3) is 5.91 Å². The first-order valence-electron chi connectivity index (χ1n) is 5.13. The van der Waals surface area contributed by atoms with Crippen molar-refractivity contribution in [3.63, 3.8) is 0 Å². The summed E-state index contributed by atoms with van der Waals surface area (Å²) in [5, 5.41) is 2.46. The number of carbonyl (C=O) groups is 1. The molecule has 0 saturated carbocycles. The highest BCUT2D eigenvalue weighted by molar-refractivity contribution is 6.05. The zero-order valence-electron chi connectivity index (χ0n) is 9.55. The van der Waals surface area contributed by atoms with Gasteiger partial charge in [0.2, 0.25) is 11.8 Å². The number of hydrogen-bond acceptors (Lipinski definition) is 4. The average molecular weight is 247 g/mol. The first-order valence-corrected chi connectivity index (χ1v) is 5.13. The van der Waals surface area contributed by atoms with E-state index in [1.165, 1.54) is 31.5 Å².